The molecule has 10 atom stereocenters. The average Bonchev–Trinajstić information content (AvgIpc) is 3.14. The summed E-state index contributed by atoms with van der Waals surface area (Å²) in [4.78, 5) is 12.3. The number of aliphatic hydroxyl groups is 3. The van der Waals surface area contributed by atoms with Gasteiger partial charge in [0.25, 0.3) is 0 Å². The van der Waals surface area contributed by atoms with Gasteiger partial charge in [0.05, 0.1) is 39.6 Å². The van der Waals surface area contributed by atoms with Gasteiger partial charge < -0.3 is 53.8 Å². The minimum absolute atomic E-state index is 0.0782. The van der Waals surface area contributed by atoms with Crippen LogP contribution in [0, 0.1) is 0 Å². The number of ether oxygens (including phenoxy) is 7. The first kappa shape index (κ1) is 37.7. The third kappa shape index (κ3) is 10.3. The van der Waals surface area contributed by atoms with Crippen LogP contribution in [0.3, 0.4) is 0 Å². The number of benzene rings is 3. The highest BCUT2D eigenvalue weighted by Gasteiger charge is 2.53. The molecule has 2 aliphatic rings. The lowest BCUT2D eigenvalue weighted by Crippen LogP contribution is -2.68. The van der Waals surface area contributed by atoms with Gasteiger partial charge in [-0.15, -0.1) is 6.58 Å². The summed E-state index contributed by atoms with van der Waals surface area (Å²) in [6.45, 7) is 5.30. The van der Waals surface area contributed by atoms with Gasteiger partial charge in [0.15, 0.2) is 12.6 Å². The fraction of sp³-hybridized carbons (Fsp3) is 0.447. The van der Waals surface area contributed by atoms with E-state index in [1.807, 2.05) is 91.0 Å². The molecular formula is C38H47NO11. The van der Waals surface area contributed by atoms with E-state index in [-0.39, 0.29) is 26.4 Å². The number of carbonyl (C=O) groups excluding carboxylic acids is 1. The van der Waals surface area contributed by atoms with Gasteiger partial charge in [0.2, 0.25) is 5.91 Å². The first-order valence-corrected chi connectivity index (χ1v) is 16.7. The SMILES string of the molecule is C=CCO[C@H]1O[C@H](COCc2ccccc2)[C@H](OCc2ccccc2)[C@H](O[C@@H]2O[C@H](CO)[C@@H](O)[C@H](O)[C@H]2NC(C)=O)[C@H]1OCc1ccccc1. The summed E-state index contributed by atoms with van der Waals surface area (Å²) in [5, 5.41) is 34.4. The number of aliphatic hydroxyl groups excluding tert-OH is 3. The van der Waals surface area contributed by atoms with Crippen molar-refractivity contribution in [1.29, 1.82) is 0 Å². The second kappa shape index (κ2) is 19.2. The minimum atomic E-state index is -1.53. The van der Waals surface area contributed by atoms with Crippen molar-refractivity contribution in [1.82, 2.24) is 5.32 Å². The van der Waals surface area contributed by atoms with Crippen LogP contribution in [0.15, 0.2) is 104 Å². The molecule has 12 nitrogen and oxygen atoms in total. The van der Waals surface area contributed by atoms with Crippen molar-refractivity contribution < 1.29 is 53.3 Å². The third-order valence-electron chi connectivity index (χ3n) is 8.48. The summed E-state index contributed by atoms with van der Waals surface area (Å²) in [5.74, 6) is -0.485. The molecule has 2 fully saturated rings. The van der Waals surface area contributed by atoms with E-state index in [0.29, 0.717) is 6.61 Å². The Morgan fingerprint density at radius 3 is 1.82 bits per heavy atom. The van der Waals surface area contributed by atoms with Crippen LogP contribution in [0.4, 0.5) is 0 Å². The van der Waals surface area contributed by atoms with Gasteiger partial charge in [0.1, 0.15) is 48.8 Å². The highest BCUT2D eigenvalue weighted by atomic mass is 16.7. The summed E-state index contributed by atoms with van der Waals surface area (Å²) in [5.41, 5.74) is 2.75. The van der Waals surface area contributed by atoms with Gasteiger partial charge >= 0.3 is 0 Å². The van der Waals surface area contributed by atoms with E-state index in [1.54, 1.807) is 6.08 Å². The molecule has 0 aliphatic carbocycles. The highest BCUT2D eigenvalue weighted by Crippen LogP contribution is 2.34. The summed E-state index contributed by atoms with van der Waals surface area (Å²) in [6.07, 6.45) is -8.58. The standard InChI is InChI=1S/C38H47NO11/c1-3-19-45-38-36(47-23-28-17-11-6-12-18-28)35(50-37-31(39-25(2)41)33(43)32(42)29(20-40)48-37)34(46-22-27-15-9-5-10-16-27)30(49-38)24-44-21-26-13-7-4-8-14-26/h3-18,29-38,40,42-43H,1,19-24H2,2H3,(H,39,41)/t29-,30-,31-,32-,33-,34+,35+,36-,37+,38+/m1/s1. The molecule has 0 bridgehead atoms. The number of rotatable bonds is 17. The van der Waals surface area contributed by atoms with E-state index >= 15 is 0 Å². The van der Waals surface area contributed by atoms with Crippen LogP contribution in [0.1, 0.15) is 23.6 Å². The smallest absolute Gasteiger partial charge is 0.217 e. The second-order valence-corrected chi connectivity index (χ2v) is 12.2. The lowest BCUT2D eigenvalue weighted by atomic mass is 9.95. The fourth-order valence-corrected chi connectivity index (χ4v) is 5.98. The molecule has 50 heavy (non-hydrogen) atoms. The molecule has 3 aromatic carbocycles. The zero-order chi connectivity index (χ0) is 35.3. The molecule has 0 spiro atoms. The predicted molar refractivity (Wildman–Crippen MR) is 181 cm³/mol. The Balaban J connectivity index is 1.51. The van der Waals surface area contributed by atoms with Gasteiger partial charge in [-0.25, -0.2) is 0 Å². The van der Waals surface area contributed by atoms with Crippen molar-refractivity contribution in [2.24, 2.45) is 0 Å². The predicted octanol–water partition coefficient (Wildman–Crippen LogP) is 2.63. The molecule has 12 heteroatoms. The normalized spacial score (nSPS) is 29.7. The van der Waals surface area contributed by atoms with Crippen molar-refractivity contribution in [3.63, 3.8) is 0 Å². The van der Waals surface area contributed by atoms with E-state index in [2.05, 4.69) is 11.9 Å². The van der Waals surface area contributed by atoms with Crippen LogP contribution >= 0.6 is 0 Å². The Morgan fingerprint density at radius 2 is 1.28 bits per heavy atom. The minimum Gasteiger partial charge on any atom is -0.394 e. The van der Waals surface area contributed by atoms with Crippen LogP contribution < -0.4 is 5.32 Å². The second-order valence-electron chi connectivity index (χ2n) is 12.2. The number of amides is 1. The molecule has 5 rings (SSSR count). The molecule has 4 N–H and O–H groups in total. The van der Waals surface area contributed by atoms with Gasteiger partial charge in [0, 0.05) is 6.92 Å². The molecule has 1 amide bonds. The topological polar surface area (TPSA) is 154 Å². The third-order valence-corrected chi connectivity index (χ3v) is 8.48. The lowest BCUT2D eigenvalue weighted by Gasteiger charge is -2.49. The summed E-state index contributed by atoms with van der Waals surface area (Å²) >= 11 is 0. The molecule has 270 valence electrons. The van der Waals surface area contributed by atoms with E-state index in [0.717, 1.165) is 16.7 Å². The maximum Gasteiger partial charge on any atom is 0.217 e. The number of nitrogens with one attached hydrogen (secondary N) is 1. The Kier molecular flexibility index (Phi) is 14.5. The Bertz CT molecular complexity index is 1430. The molecular weight excluding hydrogens is 646 g/mol. The number of carbonyl (C=O) groups is 1. The molecule has 0 aromatic heterocycles. The molecule has 0 radical (unpaired) electrons. The van der Waals surface area contributed by atoms with Gasteiger partial charge in [-0.1, -0.05) is 97.1 Å². The first-order chi connectivity index (χ1) is 24.4. The molecule has 0 saturated carbocycles. The van der Waals surface area contributed by atoms with Gasteiger partial charge in [-0.2, -0.15) is 0 Å². The van der Waals surface area contributed by atoms with Crippen LogP contribution in [0.2, 0.25) is 0 Å². The molecule has 2 aliphatic heterocycles. The van der Waals surface area contributed by atoms with E-state index in [1.165, 1.54) is 6.92 Å². The average molecular weight is 694 g/mol. The number of hydrogen-bond donors (Lipinski definition) is 4. The zero-order valence-electron chi connectivity index (χ0n) is 28.1. The molecule has 0 unspecified atom stereocenters. The van der Waals surface area contributed by atoms with Crippen molar-refractivity contribution in [2.45, 2.75) is 88.1 Å². The molecule has 3 aromatic rings. The maximum absolute atomic E-state index is 12.3. The largest absolute Gasteiger partial charge is 0.394 e. The Morgan fingerprint density at radius 1 is 0.740 bits per heavy atom. The van der Waals surface area contributed by atoms with Crippen molar-refractivity contribution >= 4 is 5.91 Å². The van der Waals surface area contributed by atoms with Gasteiger partial charge in [-0.05, 0) is 16.7 Å². The Labute approximate surface area is 292 Å². The van der Waals surface area contributed by atoms with Crippen molar-refractivity contribution in [2.75, 3.05) is 19.8 Å². The Hall–Kier alpha value is -3.53. The fourth-order valence-electron chi connectivity index (χ4n) is 5.98. The van der Waals surface area contributed by atoms with E-state index in [9.17, 15) is 20.1 Å². The quantitative estimate of drug-likeness (QED) is 0.154. The van der Waals surface area contributed by atoms with Crippen LogP contribution in [-0.4, -0.2) is 102 Å². The van der Waals surface area contributed by atoms with E-state index < -0.39 is 73.9 Å². The first-order valence-electron chi connectivity index (χ1n) is 16.7. The van der Waals surface area contributed by atoms with Crippen LogP contribution in [-0.2, 0) is 57.8 Å². The van der Waals surface area contributed by atoms with Crippen LogP contribution in [0.5, 0.6) is 0 Å². The van der Waals surface area contributed by atoms with Gasteiger partial charge in [-0.3, -0.25) is 4.79 Å². The lowest BCUT2D eigenvalue weighted by molar-refractivity contribution is -0.359. The van der Waals surface area contributed by atoms with E-state index in [4.69, 9.17) is 33.2 Å². The number of hydrogen-bond acceptors (Lipinski definition) is 11. The summed E-state index contributed by atoms with van der Waals surface area (Å²) < 4.78 is 44.7. The summed E-state index contributed by atoms with van der Waals surface area (Å²) in [6, 6.07) is 27.6. The zero-order valence-corrected chi connectivity index (χ0v) is 28.1. The highest BCUT2D eigenvalue weighted by molar-refractivity contribution is 5.73. The molecule has 2 saturated heterocycles. The molecule has 2 heterocycles. The maximum atomic E-state index is 12.3. The monoisotopic (exact) mass is 693 g/mol. The summed E-state index contributed by atoms with van der Waals surface area (Å²) in [7, 11) is 0. The van der Waals surface area contributed by atoms with Crippen molar-refractivity contribution in [3.8, 4) is 0 Å². The van der Waals surface area contributed by atoms with Crippen molar-refractivity contribution in [3.05, 3.63) is 120 Å². The van der Waals surface area contributed by atoms with Crippen LogP contribution in [0.25, 0.3) is 0 Å².